The Kier molecular flexibility index (Phi) is 5.44. The fourth-order valence-corrected chi connectivity index (χ4v) is 1.08. The second kappa shape index (κ2) is 6.06. The van der Waals surface area contributed by atoms with Gasteiger partial charge in [-0.1, -0.05) is 13.8 Å². The van der Waals surface area contributed by atoms with Gasteiger partial charge >= 0.3 is 0 Å². The molecule has 0 aliphatic carbocycles. The van der Waals surface area contributed by atoms with Gasteiger partial charge in [-0.25, -0.2) is 4.68 Å². The zero-order valence-electron chi connectivity index (χ0n) is 10.00. The van der Waals surface area contributed by atoms with Crippen molar-refractivity contribution in [3.8, 4) is 5.88 Å². The van der Waals surface area contributed by atoms with Gasteiger partial charge in [0.1, 0.15) is 0 Å². The second-order valence-corrected chi connectivity index (χ2v) is 2.89. The van der Waals surface area contributed by atoms with Gasteiger partial charge in [0.25, 0.3) is 5.91 Å². The van der Waals surface area contributed by atoms with Crippen molar-refractivity contribution in [2.24, 2.45) is 12.8 Å². The van der Waals surface area contributed by atoms with Gasteiger partial charge in [0.2, 0.25) is 5.88 Å². The first-order valence-electron chi connectivity index (χ1n) is 4.93. The molecule has 1 aromatic heterocycles. The molecule has 0 saturated heterocycles. The molecule has 1 heterocycles. The number of primary amides is 1. The third kappa shape index (κ3) is 3.61. The summed E-state index contributed by atoms with van der Waals surface area (Å²) in [5, 5.41) is 4.13. The molecule has 0 aliphatic rings. The third-order valence-corrected chi connectivity index (χ3v) is 1.81. The number of aromatic nitrogens is 2. The number of nitrogens with two attached hydrogens (primary N) is 1. The lowest BCUT2D eigenvalue weighted by Gasteiger charge is -2.04. The standard InChI is InChI=1S/C8H13N3O2.C2H6.H2/c1-5-6(2)10-11(3)8(5)13-4-7(9)12;1-2;/h4H2,1-3H3,(H2,9,12);1-2H3;1H. The minimum atomic E-state index is -0.488. The van der Waals surface area contributed by atoms with Crippen molar-refractivity contribution in [2.75, 3.05) is 6.61 Å². The van der Waals surface area contributed by atoms with Crippen LogP contribution in [0.3, 0.4) is 0 Å². The van der Waals surface area contributed by atoms with E-state index in [-0.39, 0.29) is 8.03 Å². The molecule has 88 valence electrons. The van der Waals surface area contributed by atoms with Crippen molar-refractivity contribution < 1.29 is 11.0 Å². The first kappa shape index (κ1) is 13.5. The molecule has 1 aromatic rings. The molecule has 0 bridgehead atoms. The SMILES string of the molecule is CC.Cc1nn(C)c(OCC(N)=O)c1C.[HH]. The Morgan fingerprint density at radius 2 is 2.07 bits per heavy atom. The van der Waals surface area contributed by atoms with Crippen LogP contribution in [-0.4, -0.2) is 22.3 Å². The van der Waals surface area contributed by atoms with Crippen molar-refractivity contribution in [1.29, 1.82) is 0 Å². The van der Waals surface area contributed by atoms with Crippen LogP contribution < -0.4 is 10.5 Å². The van der Waals surface area contributed by atoms with Crippen LogP contribution in [-0.2, 0) is 11.8 Å². The molecule has 15 heavy (non-hydrogen) atoms. The predicted molar refractivity (Wildman–Crippen MR) is 60.8 cm³/mol. The summed E-state index contributed by atoms with van der Waals surface area (Å²) in [6, 6.07) is 0. The quantitative estimate of drug-likeness (QED) is 0.822. The van der Waals surface area contributed by atoms with E-state index in [9.17, 15) is 4.79 Å². The average Bonchev–Trinajstić information content (AvgIpc) is 2.42. The minimum absolute atomic E-state index is 0. The Bertz CT molecular complexity index is 337. The number of rotatable bonds is 3. The summed E-state index contributed by atoms with van der Waals surface area (Å²) in [7, 11) is 1.76. The molecule has 0 fully saturated rings. The van der Waals surface area contributed by atoms with Crippen LogP contribution in [0.1, 0.15) is 26.5 Å². The summed E-state index contributed by atoms with van der Waals surface area (Å²) in [6.07, 6.45) is 0. The fourth-order valence-electron chi connectivity index (χ4n) is 1.08. The normalized spacial score (nSPS) is 9.13. The summed E-state index contributed by atoms with van der Waals surface area (Å²) >= 11 is 0. The Hall–Kier alpha value is -1.52. The van der Waals surface area contributed by atoms with E-state index in [0.29, 0.717) is 5.88 Å². The van der Waals surface area contributed by atoms with Gasteiger partial charge < -0.3 is 10.5 Å². The molecule has 5 heteroatoms. The van der Waals surface area contributed by atoms with Gasteiger partial charge in [0.15, 0.2) is 6.61 Å². The van der Waals surface area contributed by atoms with Crippen molar-refractivity contribution in [1.82, 2.24) is 9.78 Å². The van der Waals surface area contributed by atoms with Crippen LogP contribution in [0, 0.1) is 13.8 Å². The third-order valence-electron chi connectivity index (χ3n) is 1.81. The fraction of sp³-hybridized carbons (Fsp3) is 0.600. The first-order chi connectivity index (χ1) is 7.02. The monoisotopic (exact) mass is 215 g/mol. The number of hydrogen-bond donors (Lipinski definition) is 1. The van der Waals surface area contributed by atoms with Crippen LogP contribution in [0.2, 0.25) is 0 Å². The van der Waals surface area contributed by atoms with Crippen molar-refractivity contribution in [3.63, 3.8) is 0 Å². The highest BCUT2D eigenvalue weighted by atomic mass is 16.5. The summed E-state index contributed by atoms with van der Waals surface area (Å²) < 4.78 is 6.77. The lowest BCUT2D eigenvalue weighted by molar-refractivity contribution is -0.120. The summed E-state index contributed by atoms with van der Waals surface area (Å²) in [5.41, 5.74) is 6.78. The maximum absolute atomic E-state index is 10.5. The van der Waals surface area contributed by atoms with Crippen LogP contribution in [0.25, 0.3) is 0 Å². The molecule has 0 unspecified atom stereocenters. The van der Waals surface area contributed by atoms with Crippen molar-refractivity contribution in [2.45, 2.75) is 27.7 Å². The maximum Gasteiger partial charge on any atom is 0.255 e. The molecule has 0 atom stereocenters. The van der Waals surface area contributed by atoms with Gasteiger partial charge in [0, 0.05) is 14.0 Å². The maximum atomic E-state index is 10.5. The molecular weight excluding hydrogens is 194 g/mol. The van der Waals surface area contributed by atoms with Crippen LogP contribution in [0.15, 0.2) is 0 Å². The smallest absolute Gasteiger partial charge is 0.255 e. The number of nitrogens with zero attached hydrogens (tertiary/aromatic N) is 2. The highest BCUT2D eigenvalue weighted by Crippen LogP contribution is 2.19. The molecule has 0 aliphatic heterocycles. The highest BCUT2D eigenvalue weighted by molar-refractivity contribution is 5.75. The Morgan fingerprint density at radius 3 is 2.40 bits per heavy atom. The molecule has 1 amide bonds. The van der Waals surface area contributed by atoms with Crippen LogP contribution in [0.5, 0.6) is 5.88 Å². The molecule has 0 aromatic carbocycles. The topological polar surface area (TPSA) is 70.1 Å². The second-order valence-electron chi connectivity index (χ2n) is 2.89. The van der Waals surface area contributed by atoms with Gasteiger partial charge in [-0.15, -0.1) is 0 Å². The van der Waals surface area contributed by atoms with E-state index in [2.05, 4.69) is 5.10 Å². The summed E-state index contributed by atoms with van der Waals surface area (Å²) in [6.45, 7) is 7.66. The Balaban J connectivity index is 0. The van der Waals surface area contributed by atoms with E-state index in [1.54, 1.807) is 11.7 Å². The Morgan fingerprint density at radius 1 is 1.53 bits per heavy atom. The van der Waals surface area contributed by atoms with Crippen molar-refractivity contribution in [3.05, 3.63) is 11.3 Å². The molecule has 2 N–H and O–H groups in total. The molecule has 5 nitrogen and oxygen atoms in total. The van der Waals surface area contributed by atoms with Gasteiger partial charge in [-0.3, -0.25) is 4.79 Å². The first-order valence-corrected chi connectivity index (χ1v) is 4.93. The summed E-state index contributed by atoms with van der Waals surface area (Å²) in [4.78, 5) is 10.5. The van der Waals surface area contributed by atoms with E-state index >= 15 is 0 Å². The zero-order chi connectivity index (χ0) is 12.0. The van der Waals surface area contributed by atoms with E-state index in [1.807, 2.05) is 27.7 Å². The number of ether oxygens (including phenoxy) is 1. The van der Waals surface area contributed by atoms with Crippen molar-refractivity contribution >= 4 is 5.91 Å². The molecule has 0 saturated carbocycles. The lowest BCUT2D eigenvalue weighted by Crippen LogP contribution is -2.21. The lowest BCUT2D eigenvalue weighted by atomic mass is 10.3. The van der Waals surface area contributed by atoms with E-state index in [1.165, 1.54) is 0 Å². The van der Waals surface area contributed by atoms with Crippen LogP contribution >= 0.6 is 0 Å². The molecule has 1 rings (SSSR count). The number of carbonyl (C=O) groups excluding carboxylic acids is 1. The minimum Gasteiger partial charge on any atom is -0.468 e. The highest BCUT2D eigenvalue weighted by Gasteiger charge is 2.10. The van der Waals surface area contributed by atoms with E-state index in [0.717, 1.165) is 11.3 Å². The van der Waals surface area contributed by atoms with E-state index in [4.69, 9.17) is 10.5 Å². The number of aryl methyl sites for hydroxylation is 2. The average molecular weight is 215 g/mol. The number of amides is 1. The van der Waals surface area contributed by atoms with Gasteiger partial charge in [-0.05, 0) is 13.8 Å². The zero-order valence-corrected chi connectivity index (χ0v) is 10.00. The molecule has 0 radical (unpaired) electrons. The van der Waals surface area contributed by atoms with Gasteiger partial charge in [0.05, 0.1) is 5.69 Å². The molecule has 0 spiro atoms. The summed E-state index contributed by atoms with van der Waals surface area (Å²) in [5.74, 6) is 0.106. The van der Waals surface area contributed by atoms with E-state index < -0.39 is 5.91 Å². The predicted octanol–water partition coefficient (Wildman–Crippen LogP) is 1.17. The Labute approximate surface area is 91.7 Å². The molecular formula is C10H21N3O2. The largest absolute Gasteiger partial charge is 0.468 e. The van der Waals surface area contributed by atoms with Crippen LogP contribution in [0.4, 0.5) is 0 Å². The number of carbonyl (C=O) groups is 1. The van der Waals surface area contributed by atoms with Gasteiger partial charge in [-0.2, -0.15) is 5.10 Å². The number of hydrogen-bond acceptors (Lipinski definition) is 3.